The Balaban J connectivity index is 1.65. The third-order valence-corrected chi connectivity index (χ3v) is 6.68. The number of carbonyl (C=O) groups is 1. The van der Waals surface area contributed by atoms with Crippen molar-refractivity contribution in [1.29, 1.82) is 0 Å². The minimum atomic E-state index is -0.192. The van der Waals surface area contributed by atoms with E-state index in [9.17, 15) is 4.79 Å². The number of aromatic nitrogens is 3. The lowest BCUT2D eigenvalue weighted by Crippen LogP contribution is -2.25. The first-order valence-electron chi connectivity index (χ1n) is 10.1. The van der Waals surface area contributed by atoms with Gasteiger partial charge in [0.1, 0.15) is 23.1 Å². The van der Waals surface area contributed by atoms with E-state index in [0.29, 0.717) is 28.9 Å². The summed E-state index contributed by atoms with van der Waals surface area (Å²) in [6, 6.07) is 11.4. The molecule has 32 heavy (non-hydrogen) atoms. The number of rotatable bonds is 5. The van der Waals surface area contributed by atoms with Crippen LogP contribution in [0.5, 0.6) is 17.2 Å². The molecular weight excluding hydrogens is 428 g/mol. The van der Waals surface area contributed by atoms with Crippen LogP contribution in [0.1, 0.15) is 29.2 Å². The average molecular weight is 451 g/mol. The fourth-order valence-corrected chi connectivity index (χ4v) is 5.12. The summed E-state index contributed by atoms with van der Waals surface area (Å²) in [6.07, 6.45) is 0.305. The van der Waals surface area contributed by atoms with Gasteiger partial charge in [0.15, 0.2) is 0 Å². The number of fused-ring (bicyclic) bond motifs is 2. The number of methoxy groups -OCH3 is 3. The lowest BCUT2D eigenvalue weighted by atomic mass is 9.85. The molecule has 0 radical (unpaired) electrons. The number of nitrogens with one attached hydrogen (secondary N) is 1. The van der Waals surface area contributed by atoms with Crippen LogP contribution in [0.3, 0.4) is 0 Å². The fourth-order valence-electron chi connectivity index (χ4n) is 4.17. The van der Waals surface area contributed by atoms with E-state index < -0.39 is 0 Å². The Kier molecular flexibility index (Phi) is 4.97. The topological polar surface area (TPSA) is 87.5 Å². The van der Waals surface area contributed by atoms with E-state index >= 15 is 0 Å². The van der Waals surface area contributed by atoms with Crippen LogP contribution in [-0.4, -0.2) is 42.0 Å². The number of hydrogen-bond acceptors (Lipinski definition) is 7. The number of hydrogen-bond donors (Lipinski definition) is 1. The van der Waals surface area contributed by atoms with Gasteiger partial charge in [-0.2, -0.15) is 9.78 Å². The third-order valence-electron chi connectivity index (χ3n) is 5.68. The predicted octanol–water partition coefficient (Wildman–Crippen LogP) is 4.29. The van der Waals surface area contributed by atoms with Crippen molar-refractivity contribution in [2.24, 2.45) is 0 Å². The van der Waals surface area contributed by atoms with Crippen molar-refractivity contribution in [2.45, 2.75) is 19.3 Å². The molecule has 2 aromatic heterocycles. The van der Waals surface area contributed by atoms with Crippen LogP contribution < -0.4 is 19.5 Å². The van der Waals surface area contributed by atoms with Crippen molar-refractivity contribution in [3.05, 3.63) is 53.2 Å². The number of benzene rings is 2. The van der Waals surface area contributed by atoms with Gasteiger partial charge in [-0.25, -0.2) is 4.98 Å². The molecule has 3 heterocycles. The molecule has 1 atom stereocenters. The summed E-state index contributed by atoms with van der Waals surface area (Å²) in [4.78, 5) is 17.5. The molecule has 4 aromatic rings. The Hall–Kier alpha value is -3.59. The minimum absolute atomic E-state index is 0.0794. The number of carbonyl (C=O) groups excluding carboxylic acids is 1. The number of nitrogens with zero attached hydrogens (tertiary/aromatic N) is 3. The monoisotopic (exact) mass is 450 g/mol. The molecule has 0 aliphatic carbocycles. The highest BCUT2D eigenvalue weighted by atomic mass is 32.1. The SMILES string of the molecule is COc1ccc([C@H]2CC(=O)Nc3c2c(C)nn3-c2nc3ccc(OC)cc3s2)c(OC)c1. The average Bonchev–Trinajstić information content (AvgIpc) is 3.38. The Morgan fingerprint density at radius 3 is 2.56 bits per heavy atom. The highest BCUT2D eigenvalue weighted by Crippen LogP contribution is 2.44. The largest absolute Gasteiger partial charge is 0.497 e. The van der Waals surface area contributed by atoms with Gasteiger partial charge in [0.25, 0.3) is 0 Å². The number of thiazole rings is 1. The number of aryl methyl sites for hydroxylation is 1. The lowest BCUT2D eigenvalue weighted by molar-refractivity contribution is -0.116. The highest BCUT2D eigenvalue weighted by molar-refractivity contribution is 7.20. The molecule has 0 saturated carbocycles. The van der Waals surface area contributed by atoms with Crippen molar-refractivity contribution in [3.63, 3.8) is 0 Å². The van der Waals surface area contributed by atoms with Crippen LogP contribution in [0.15, 0.2) is 36.4 Å². The summed E-state index contributed by atoms with van der Waals surface area (Å²) in [7, 11) is 4.87. The summed E-state index contributed by atoms with van der Waals surface area (Å²) in [5.41, 5.74) is 3.56. The van der Waals surface area contributed by atoms with Crippen molar-refractivity contribution in [3.8, 4) is 22.4 Å². The van der Waals surface area contributed by atoms with Crippen molar-refractivity contribution in [2.75, 3.05) is 26.6 Å². The van der Waals surface area contributed by atoms with Crippen LogP contribution in [0.2, 0.25) is 0 Å². The summed E-state index contributed by atoms with van der Waals surface area (Å²) < 4.78 is 19.0. The molecule has 0 bridgehead atoms. The number of anilines is 1. The van der Waals surface area contributed by atoms with Crippen LogP contribution in [0, 0.1) is 6.92 Å². The van der Waals surface area contributed by atoms with E-state index in [0.717, 1.165) is 32.8 Å². The van der Waals surface area contributed by atoms with Gasteiger partial charge in [-0.1, -0.05) is 17.4 Å². The third kappa shape index (κ3) is 3.25. The van der Waals surface area contributed by atoms with E-state index in [1.807, 2.05) is 43.3 Å². The van der Waals surface area contributed by atoms with E-state index in [1.165, 1.54) is 11.3 Å². The maximum Gasteiger partial charge on any atom is 0.226 e. The zero-order valence-electron chi connectivity index (χ0n) is 18.1. The Labute approximate surface area is 188 Å². The van der Waals surface area contributed by atoms with Gasteiger partial charge in [-0.15, -0.1) is 0 Å². The Morgan fingerprint density at radius 1 is 1.06 bits per heavy atom. The molecule has 0 saturated heterocycles. The van der Waals surface area contributed by atoms with Gasteiger partial charge < -0.3 is 19.5 Å². The van der Waals surface area contributed by atoms with Gasteiger partial charge >= 0.3 is 0 Å². The second-order valence-corrected chi connectivity index (χ2v) is 8.51. The van der Waals surface area contributed by atoms with Crippen LogP contribution in [-0.2, 0) is 4.79 Å². The zero-order valence-corrected chi connectivity index (χ0v) is 18.9. The maximum absolute atomic E-state index is 12.7. The molecular formula is C23H22N4O4S. The first-order chi connectivity index (χ1) is 15.5. The van der Waals surface area contributed by atoms with Crippen LogP contribution in [0.25, 0.3) is 15.3 Å². The van der Waals surface area contributed by atoms with Crippen molar-refractivity contribution < 1.29 is 19.0 Å². The quantitative estimate of drug-likeness (QED) is 0.488. The number of amides is 1. The second-order valence-electron chi connectivity index (χ2n) is 7.50. The summed E-state index contributed by atoms with van der Waals surface area (Å²) in [6.45, 7) is 1.95. The molecule has 1 N–H and O–H groups in total. The molecule has 0 spiro atoms. The van der Waals surface area contributed by atoms with Crippen molar-refractivity contribution >= 4 is 33.3 Å². The zero-order chi connectivity index (χ0) is 22.4. The molecule has 164 valence electrons. The molecule has 9 heteroatoms. The Morgan fingerprint density at radius 2 is 1.81 bits per heavy atom. The summed E-state index contributed by atoms with van der Waals surface area (Å²) in [5.74, 6) is 2.52. The molecule has 0 fully saturated rings. The van der Waals surface area contributed by atoms with Gasteiger partial charge in [-0.3, -0.25) is 4.79 Å². The van der Waals surface area contributed by atoms with Crippen molar-refractivity contribution in [1.82, 2.24) is 14.8 Å². The van der Waals surface area contributed by atoms with Crippen LogP contribution >= 0.6 is 11.3 Å². The Bertz CT molecular complexity index is 1340. The second kappa shape index (κ2) is 7.83. The highest BCUT2D eigenvalue weighted by Gasteiger charge is 2.34. The molecule has 1 aliphatic rings. The van der Waals surface area contributed by atoms with Gasteiger partial charge in [-0.05, 0) is 31.2 Å². The van der Waals surface area contributed by atoms with Gasteiger partial charge in [0.2, 0.25) is 11.0 Å². The van der Waals surface area contributed by atoms with E-state index in [2.05, 4.69) is 5.32 Å². The predicted molar refractivity (Wildman–Crippen MR) is 123 cm³/mol. The molecule has 2 aromatic carbocycles. The summed E-state index contributed by atoms with van der Waals surface area (Å²) in [5, 5.41) is 8.45. The molecule has 8 nitrogen and oxygen atoms in total. The standard InChI is InChI=1S/C23H22N4O4S/c1-12-21-16(15-7-5-13(29-2)9-18(15)31-4)11-20(28)25-22(21)27(26-12)23-24-17-8-6-14(30-3)10-19(17)32-23/h5-10,16H,11H2,1-4H3,(H,25,28)/t16-/m1/s1. The van der Waals surface area contributed by atoms with Gasteiger partial charge in [0, 0.05) is 29.5 Å². The smallest absolute Gasteiger partial charge is 0.226 e. The first-order valence-corrected chi connectivity index (χ1v) is 10.9. The lowest BCUT2D eigenvalue weighted by Gasteiger charge is -2.25. The van der Waals surface area contributed by atoms with Crippen LogP contribution in [0.4, 0.5) is 5.82 Å². The molecule has 1 aliphatic heterocycles. The fraction of sp³-hybridized carbons (Fsp3) is 0.261. The van der Waals surface area contributed by atoms with Gasteiger partial charge in [0.05, 0.1) is 37.2 Å². The number of ether oxygens (including phenoxy) is 3. The first kappa shape index (κ1) is 20.3. The molecule has 5 rings (SSSR count). The molecule has 1 amide bonds. The van der Waals surface area contributed by atoms with E-state index in [1.54, 1.807) is 26.0 Å². The minimum Gasteiger partial charge on any atom is -0.497 e. The molecule has 0 unspecified atom stereocenters. The van der Waals surface area contributed by atoms with E-state index in [-0.39, 0.29) is 11.8 Å². The van der Waals surface area contributed by atoms with E-state index in [4.69, 9.17) is 24.3 Å². The maximum atomic E-state index is 12.7. The summed E-state index contributed by atoms with van der Waals surface area (Å²) >= 11 is 1.49. The normalized spacial score (nSPS) is 15.4.